The molecule has 1 fully saturated rings. The smallest absolute Gasteiger partial charge is 0.263 e. The highest BCUT2D eigenvalue weighted by molar-refractivity contribution is 7.21. The number of rotatable bonds is 4. The molecule has 6 heteroatoms. The summed E-state index contributed by atoms with van der Waals surface area (Å²) in [6, 6.07) is 5.50. The molecular weight excluding hydrogens is 308 g/mol. The number of nitrogen functional groups attached to an aromatic ring is 1. The fourth-order valence-corrected chi connectivity index (χ4v) is 3.73. The van der Waals surface area contributed by atoms with Crippen molar-refractivity contribution in [3.05, 3.63) is 28.1 Å². The number of hydrogen-bond acceptors (Lipinski definition) is 4. The van der Waals surface area contributed by atoms with E-state index >= 15 is 0 Å². The normalized spacial score (nSPS) is 18.2. The Morgan fingerprint density at radius 2 is 2.38 bits per heavy atom. The van der Waals surface area contributed by atoms with Gasteiger partial charge in [0.25, 0.3) is 5.91 Å². The largest absolute Gasteiger partial charge is 0.397 e. The first-order chi connectivity index (χ1) is 10.1. The molecule has 1 amide bonds. The van der Waals surface area contributed by atoms with E-state index in [0.29, 0.717) is 28.0 Å². The number of halogens is 1. The van der Waals surface area contributed by atoms with Crippen molar-refractivity contribution in [2.24, 2.45) is 5.92 Å². The highest BCUT2D eigenvalue weighted by Crippen LogP contribution is 2.35. The molecule has 0 aliphatic carbocycles. The Morgan fingerprint density at radius 3 is 3.14 bits per heavy atom. The molecule has 1 atom stereocenters. The molecule has 1 saturated heterocycles. The fraction of sp³-hybridized carbons (Fsp3) is 0.400. The fourth-order valence-electron chi connectivity index (χ4n) is 2.54. The van der Waals surface area contributed by atoms with Crippen LogP contribution in [-0.2, 0) is 4.74 Å². The van der Waals surface area contributed by atoms with Gasteiger partial charge in [-0.05, 0) is 37.0 Å². The molecule has 1 aliphatic rings. The zero-order valence-corrected chi connectivity index (χ0v) is 13.1. The van der Waals surface area contributed by atoms with Crippen LogP contribution in [-0.4, -0.2) is 25.7 Å². The van der Waals surface area contributed by atoms with Crippen molar-refractivity contribution in [1.82, 2.24) is 5.32 Å². The van der Waals surface area contributed by atoms with Gasteiger partial charge in [0.1, 0.15) is 4.88 Å². The number of anilines is 1. The summed E-state index contributed by atoms with van der Waals surface area (Å²) in [4.78, 5) is 12.8. The molecule has 2 aromatic rings. The predicted molar refractivity (Wildman–Crippen MR) is 87.1 cm³/mol. The summed E-state index contributed by atoms with van der Waals surface area (Å²) >= 11 is 7.38. The number of fused-ring (bicyclic) bond motifs is 1. The average Bonchev–Trinajstić information content (AvgIpc) is 3.08. The molecule has 0 bridgehead atoms. The second-order valence-electron chi connectivity index (χ2n) is 5.26. The molecule has 0 radical (unpaired) electrons. The van der Waals surface area contributed by atoms with E-state index in [2.05, 4.69) is 5.32 Å². The highest BCUT2D eigenvalue weighted by Gasteiger charge is 2.18. The minimum atomic E-state index is -0.108. The number of amides is 1. The molecule has 4 nitrogen and oxygen atoms in total. The number of carbonyl (C=O) groups excluding carboxylic acids is 1. The minimum Gasteiger partial charge on any atom is -0.397 e. The van der Waals surface area contributed by atoms with E-state index in [1.807, 2.05) is 12.1 Å². The predicted octanol–water partition coefficient (Wildman–Crippen LogP) is 3.29. The SMILES string of the molecule is Nc1c(C(=O)NCCC2CCOC2)sc2ccc(Cl)cc12. The monoisotopic (exact) mass is 324 g/mol. The number of benzene rings is 1. The number of thiophene rings is 1. The lowest BCUT2D eigenvalue weighted by atomic mass is 10.1. The van der Waals surface area contributed by atoms with Crippen molar-refractivity contribution < 1.29 is 9.53 Å². The van der Waals surface area contributed by atoms with Crippen molar-refractivity contribution in [2.75, 3.05) is 25.5 Å². The Hall–Kier alpha value is -1.30. The van der Waals surface area contributed by atoms with Crippen LogP contribution in [0.5, 0.6) is 0 Å². The van der Waals surface area contributed by atoms with Gasteiger partial charge in [0.2, 0.25) is 0 Å². The maximum atomic E-state index is 12.2. The summed E-state index contributed by atoms with van der Waals surface area (Å²) in [5.41, 5.74) is 6.59. The highest BCUT2D eigenvalue weighted by atomic mass is 35.5. The third-order valence-corrected chi connectivity index (χ3v) is 5.18. The second kappa shape index (κ2) is 6.22. The molecule has 0 saturated carbocycles. The summed E-state index contributed by atoms with van der Waals surface area (Å²) in [6.45, 7) is 2.29. The van der Waals surface area contributed by atoms with Crippen LogP contribution in [0.2, 0.25) is 5.02 Å². The van der Waals surface area contributed by atoms with Crippen LogP contribution in [0.1, 0.15) is 22.5 Å². The van der Waals surface area contributed by atoms with Gasteiger partial charge < -0.3 is 15.8 Å². The van der Waals surface area contributed by atoms with Crippen LogP contribution in [0.3, 0.4) is 0 Å². The van der Waals surface area contributed by atoms with E-state index in [9.17, 15) is 4.79 Å². The van der Waals surface area contributed by atoms with Crippen LogP contribution in [0, 0.1) is 5.92 Å². The van der Waals surface area contributed by atoms with Gasteiger partial charge in [-0.25, -0.2) is 0 Å². The van der Waals surface area contributed by atoms with E-state index in [0.717, 1.165) is 36.1 Å². The standard InChI is InChI=1S/C15H17ClN2O2S/c16-10-1-2-12-11(7-10)13(17)14(21-12)15(19)18-5-3-9-4-6-20-8-9/h1-2,7,9H,3-6,8,17H2,(H,18,19). The number of carbonyl (C=O) groups is 1. The summed E-state index contributed by atoms with van der Waals surface area (Å²) < 4.78 is 6.30. The van der Waals surface area contributed by atoms with Gasteiger partial charge in [-0.1, -0.05) is 11.6 Å². The van der Waals surface area contributed by atoms with Gasteiger partial charge in [0, 0.05) is 34.9 Å². The molecule has 1 aromatic heterocycles. The first kappa shape index (κ1) is 14.6. The summed E-state index contributed by atoms with van der Waals surface area (Å²) in [6.07, 6.45) is 2.03. The maximum absolute atomic E-state index is 12.2. The van der Waals surface area contributed by atoms with Gasteiger partial charge in [0.05, 0.1) is 5.69 Å². The van der Waals surface area contributed by atoms with E-state index in [4.69, 9.17) is 22.1 Å². The minimum absolute atomic E-state index is 0.108. The molecule has 3 N–H and O–H groups in total. The Balaban J connectivity index is 1.67. The number of hydrogen-bond donors (Lipinski definition) is 2. The molecule has 3 rings (SSSR count). The molecule has 1 unspecified atom stereocenters. The van der Waals surface area contributed by atoms with Crippen molar-refractivity contribution in [2.45, 2.75) is 12.8 Å². The van der Waals surface area contributed by atoms with Crippen molar-refractivity contribution >= 4 is 44.6 Å². The first-order valence-corrected chi connectivity index (χ1v) is 8.18. The summed E-state index contributed by atoms with van der Waals surface area (Å²) in [7, 11) is 0. The van der Waals surface area contributed by atoms with Crippen molar-refractivity contribution in [1.29, 1.82) is 0 Å². The number of nitrogens with two attached hydrogens (primary N) is 1. The average molecular weight is 325 g/mol. The Labute approximate surface area is 132 Å². The van der Waals surface area contributed by atoms with Gasteiger partial charge in [0.15, 0.2) is 0 Å². The molecule has 21 heavy (non-hydrogen) atoms. The van der Waals surface area contributed by atoms with Gasteiger partial charge >= 0.3 is 0 Å². The van der Waals surface area contributed by atoms with E-state index in [1.165, 1.54) is 11.3 Å². The maximum Gasteiger partial charge on any atom is 0.263 e. The third kappa shape index (κ3) is 3.15. The Kier molecular flexibility index (Phi) is 4.33. The molecule has 0 spiro atoms. The third-order valence-electron chi connectivity index (χ3n) is 3.76. The second-order valence-corrected chi connectivity index (χ2v) is 6.75. The van der Waals surface area contributed by atoms with Crippen LogP contribution in [0.4, 0.5) is 5.69 Å². The molecule has 1 aliphatic heterocycles. The topological polar surface area (TPSA) is 64.4 Å². The summed E-state index contributed by atoms with van der Waals surface area (Å²) in [5, 5.41) is 4.42. The van der Waals surface area contributed by atoms with E-state index in [-0.39, 0.29) is 5.91 Å². The van der Waals surface area contributed by atoms with E-state index in [1.54, 1.807) is 6.07 Å². The van der Waals surface area contributed by atoms with Crippen LogP contribution < -0.4 is 11.1 Å². The molecule has 2 heterocycles. The lowest BCUT2D eigenvalue weighted by Gasteiger charge is -2.08. The number of nitrogens with one attached hydrogen (secondary N) is 1. The lowest BCUT2D eigenvalue weighted by molar-refractivity contribution is 0.0955. The lowest BCUT2D eigenvalue weighted by Crippen LogP contribution is -2.25. The molecule has 112 valence electrons. The Bertz CT molecular complexity index is 665. The van der Waals surface area contributed by atoms with Crippen LogP contribution in [0.25, 0.3) is 10.1 Å². The quantitative estimate of drug-likeness (QED) is 0.907. The van der Waals surface area contributed by atoms with Crippen molar-refractivity contribution in [3.8, 4) is 0 Å². The molecule has 1 aromatic carbocycles. The zero-order valence-electron chi connectivity index (χ0n) is 11.5. The Morgan fingerprint density at radius 1 is 1.52 bits per heavy atom. The van der Waals surface area contributed by atoms with Gasteiger partial charge in [-0.15, -0.1) is 11.3 Å². The first-order valence-electron chi connectivity index (χ1n) is 6.98. The van der Waals surface area contributed by atoms with Gasteiger partial charge in [-0.3, -0.25) is 4.79 Å². The summed E-state index contributed by atoms with van der Waals surface area (Å²) in [5.74, 6) is 0.451. The van der Waals surface area contributed by atoms with Crippen LogP contribution in [0.15, 0.2) is 18.2 Å². The van der Waals surface area contributed by atoms with E-state index < -0.39 is 0 Å². The molecular formula is C15H17ClN2O2S. The zero-order chi connectivity index (χ0) is 14.8. The van der Waals surface area contributed by atoms with Crippen LogP contribution >= 0.6 is 22.9 Å². The number of ether oxygens (including phenoxy) is 1. The van der Waals surface area contributed by atoms with Gasteiger partial charge in [-0.2, -0.15) is 0 Å². The van der Waals surface area contributed by atoms with Crippen molar-refractivity contribution in [3.63, 3.8) is 0 Å².